The molecule has 0 unspecified atom stereocenters. The lowest BCUT2D eigenvalue weighted by atomic mass is 9.98. The number of carbonyl (C=O) groups is 1. The standard InChI is InChI=1S/C23H28N6O2/c1-23(2,3)22(30)31-15-28-10-9-18-20(25-14-26-21(18)28)17-11-27-29(13-17)19(12-24-4)16-7-5-6-8-16/h9-11,13-14,16,19H,5-8,12,15H2,1-3H3/t19-/m1/s1/i5D2,6D2,7D2,8D2,16D. The molecule has 1 aliphatic carbocycles. The van der Waals surface area contributed by atoms with E-state index in [-0.39, 0.29) is 6.73 Å². The second-order valence-electron chi connectivity index (χ2n) is 8.04. The molecule has 3 heterocycles. The Labute approximate surface area is 194 Å². The third kappa shape index (κ3) is 4.31. The monoisotopic (exact) mass is 429 g/mol. The quantitative estimate of drug-likeness (QED) is 0.426. The van der Waals surface area contributed by atoms with Crippen molar-refractivity contribution < 1.29 is 21.9 Å². The van der Waals surface area contributed by atoms with Crippen LogP contribution in [0.5, 0.6) is 0 Å². The minimum absolute atomic E-state index is 0.0993. The highest BCUT2D eigenvalue weighted by Gasteiger charge is 2.29. The Kier molecular flexibility index (Phi) is 3.45. The van der Waals surface area contributed by atoms with Crippen LogP contribution in [0.4, 0.5) is 0 Å². The van der Waals surface area contributed by atoms with Crippen LogP contribution in [0.3, 0.4) is 0 Å². The smallest absolute Gasteiger partial charge is 0.312 e. The Balaban J connectivity index is 1.76. The third-order valence-corrected chi connectivity index (χ3v) is 4.75. The van der Waals surface area contributed by atoms with Crippen LogP contribution in [0, 0.1) is 17.9 Å². The largest absolute Gasteiger partial charge is 0.443 e. The van der Waals surface area contributed by atoms with Gasteiger partial charge < -0.3 is 9.58 Å². The number of hydrogen-bond donors (Lipinski definition) is 0. The maximum atomic E-state index is 12.2. The van der Waals surface area contributed by atoms with E-state index in [2.05, 4.69) is 19.9 Å². The van der Waals surface area contributed by atoms with Crippen LogP contribution in [-0.2, 0) is 16.3 Å². The van der Waals surface area contributed by atoms with E-state index in [4.69, 9.17) is 23.6 Å². The lowest BCUT2D eigenvalue weighted by Gasteiger charge is -2.18. The van der Waals surface area contributed by atoms with Gasteiger partial charge in [0.2, 0.25) is 6.54 Å². The summed E-state index contributed by atoms with van der Waals surface area (Å²) in [5, 5.41) is 4.70. The minimum atomic E-state index is -3.39. The van der Waals surface area contributed by atoms with Gasteiger partial charge in [-0.3, -0.25) is 14.0 Å². The molecule has 0 N–H and O–H groups in total. The molecule has 0 aromatic carbocycles. The molecule has 0 aliphatic heterocycles. The maximum Gasteiger partial charge on any atom is 0.312 e. The summed E-state index contributed by atoms with van der Waals surface area (Å²) in [6.45, 7) is 11.8. The van der Waals surface area contributed by atoms with Crippen LogP contribution in [-0.4, -0.2) is 36.8 Å². The minimum Gasteiger partial charge on any atom is -0.443 e. The number of carbonyl (C=O) groups excluding carboxylic acids is 1. The fourth-order valence-electron chi connectivity index (χ4n) is 3.10. The second-order valence-corrected chi connectivity index (χ2v) is 8.04. The number of aromatic nitrogens is 5. The number of esters is 1. The Morgan fingerprint density at radius 2 is 2.19 bits per heavy atom. The zero-order valence-corrected chi connectivity index (χ0v) is 17.4. The summed E-state index contributed by atoms with van der Waals surface area (Å²) in [5.74, 6) is -3.48. The zero-order valence-electron chi connectivity index (χ0n) is 26.4. The van der Waals surface area contributed by atoms with Crippen LogP contribution in [0.15, 0.2) is 31.0 Å². The van der Waals surface area contributed by atoms with E-state index in [0.29, 0.717) is 22.3 Å². The number of fused-ring (bicyclic) bond motifs is 1. The highest BCUT2D eigenvalue weighted by atomic mass is 16.5. The number of rotatable bonds is 6. The lowest BCUT2D eigenvalue weighted by molar-refractivity contribution is -0.156. The second kappa shape index (κ2) is 8.50. The van der Waals surface area contributed by atoms with Crippen LogP contribution >= 0.6 is 0 Å². The molecule has 1 aliphatic rings. The van der Waals surface area contributed by atoms with Gasteiger partial charge in [-0.25, -0.2) is 16.5 Å². The van der Waals surface area contributed by atoms with Crippen molar-refractivity contribution >= 4 is 17.0 Å². The summed E-state index contributed by atoms with van der Waals surface area (Å²) >= 11 is 0. The summed E-state index contributed by atoms with van der Waals surface area (Å²) in [5.41, 5.74) is 0.443. The molecule has 162 valence electrons. The van der Waals surface area contributed by atoms with Crippen molar-refractivity contribution in [1.82, 2.24) is 24.3 Å². The van der Waals surface area contributed by atoms with Gasteiger partial charge >= 0.3 is 5.97 Å². The summed E-state index contributed by atoms with van der Waals surface area (Å²) < 4.78 is 83.1. The van der Waals surface area contributed by atoms with Crippen molar-refractivity contribution in [3.05, 3.63) is 42.4 Å². The Morgan fingerprint density at radius 1 is 1.42 bits per heavy atom. The van der Waals surface area contributed by atoms with Crippen molar-refractivity contribution in [3.63, 3.8) is 0 Å². The van der Waals surface area contributed by atoms with Gasteiger partial charge in [0.05, 0.1) is 17.3 Å². The lowest BCUT2D eigenvalue weighted by Crippen LogP contribution is -2.23. The molecular weight excluding hydrogens is 392 g/mol. The molecule has 0 amide bonds. The van der Waals surface area contributed by atoms with E-state index in [9.17, 15) is 4.79 Å². The first-order valence-electron chi connectivity index (χ1n) is 14.1. The molecule has 8 heteroatoms. The van der Waals surface area contributed by atoms with Gasteiger partial charge in [0.25, 0.3) is 0 Å². The summed E-state index contributed by atoms with van der Waals surface area (Å²) in [6.07, 6.45) is -7.90. The topological polar surface area (TPSA) is 79.2 Å². The van der Waals surface area contributed by atoms with Gasteiger partial charge in [-0.1, -0.05) is 12.7 Å². The van der Waals surface area contributed by atoms with Gasteiger partial charge in [0, 0.05) is 35.7 Å². The van der Waals surface area contributed by atoms with Crippen molar-refractivity contribution in [2.45, 2.75) is 59.0 Å². The molecule has 0 bridgehead atoms. The van der Waals surface area contributed by atoms with Crippen LogP contribution < -0.4 is 0 Å². The molecule has 1 saturated carbocycles. The van der Waals surface area contributed by atoms with Crippen LogP contribution in [0.2, 0.25) is 0 Å². The average molecular weight is 430 g/mol. The first kappa shape index (κ1) is 12.6. The van der Waals surface area contributed by atoms with E-state index in [1.807, 2.05) is 0 Å². The zero-order chi connectivity index (χ0) is 30.1. The van der Waals surface area contributed by atoms with Gasteiger partial charge in [-0.15, -0.1) is 0 Å². The van der Waals surface area contributed by atoms with Gasteiger partial charge in [-0.05, 0) is 45.5 Å². The Bertz CT molecular complexity index is 1480. The predicted octanol–water partition coefficient (Wildman–Crippen LogP) is 4.49. The highest BCUT2D eigenvalue weighted by Crippen LogP contribution is 2.35. The fraction of sp³-hybridized carbons (Fsp3) is 0.522. The van der Waals surface area contributed by atoms with E-state index < -0.39 is 55.4 Å². The van der Waals surface area contributed by atoms with Gasteiger partial charge in [0.1, 0.15) is 18.0 Å². The third-order valence-electron chi connectivity index (χ3n) is 4.75. The fourth-order valence-corrected chi connectivity index (χ4v) is 3.10. The van der Waals surface area contributed by atoms with E-state index in [1.54, 1.807) is 37.6 Å². The number of hydrogen-bond acceptors (Lipinski definition) is 5. The molecule has 1 fully saturated rings. The van der Waals surface area contributed by atoms with Crippen LogP contribution in [0.25, 0.3) is 27.1 Å². The summed E-state index contributed by atoms with van der Waals surface area (Å²) in [6, 6.07) is -0.0116. The first-order chi connectivity index (χ1) is 18.3. The average Bonchev–Trinajstić information content (AvgIpc) is 3.52. The van der Waals surface area contributed by atoms with E-state index in [0.717, 1.165) is 4.68 Å². The normalized spacial score (nSPS) is 27.6. The molecule has 0 spiro atoms. The molecule has 8 nitrogen and oxygen atoms in total. The van der Waals surface area contributed by atoms with E-state index >= 15 is 0 Å². The highest BCUT2D eigenvalue weighted by molar-refractivity contribution is 5.90. The molecule has 1 atom stereocenters. The van der Waals surface area contributed by atoms with Crippen molar-refractivity contribution in [3.8, 4) is 11.3 Å². The number of ether oxygens (including phenoxy) is 1. The Hall–Kier alpha value is -3.21. The SMILES string of the molecule is [2H]C1([2H])C([2H])([2H])C([2H])([2H])C([2H])([C@@H](C[N+]#[C-])n2cc(-c3ncnc4c3ccn4COC(=O)C(C)(C)C)cn2)C1([2H])[2H]. The molecule has 3 aromatic rings. The maximum absolute atomic E-state index is 12.2. The number of nitrogens with zero attached hydrogens (tertiary/aromatic N) is 6. The first-order valence-corrected chi connectivity index (χ1v) is 9.62. The molecule has 0 radical (unpaired) electrons. The predicted molar refractivity (Wildman–Crippen MR) is 117 cm³/mol. The van der Waals surface area contributed by atoms with Crippen LogP contribution in [0.1, 0.15) is 64.6 Å². The van der Waals surface area contributed by atoms with Crippen molar-refractivity contribution in [2.24, 2.45) is 11.3 Å². The van der Waals surface area contributed by atoms with Gasteiger partial charge in [0.15, 0.2) is 6.73 Å². The molecular formula is C23H28N6O2. The summed E-state index contributed by atoms with van der Waals surface area (Å²) in [7, 11) is 0. The Morgan fingerprint density at radius 3 is 2.90 bits per heavy atom. The molecule has 4 rings (SSSR count). The van der Waals surface area contributed by atoms with E-state index in [1.165, 1.54) is 18.7 Å². The van der Waals surface area contributed by atoms with Crippen molar-refractivity contribution in [1.29, 1.82) is 0 Å². The molecule has 3 aromatic heterocycles. The van der Waals surface area contributed by atoms with Crippen molar-refractivity contribution in [2.75, 3.05) is 6.54 Å². The van der Waals surface area contributed by atoms with Gasteiger partial charge in [-0.2, -0.15) is 5.10 Å². The summed E-state index contributed by atoms with van der Waals surface area (Å²) in [4.78, 5) is 24.0. The molecule has 31 heavy (non-hydrogen) atoms. The molecule has 0 saturated heterocycles.